The maximum atomic E-state index is 13.5. The summed E-state index contributed by atoms with van der Waals surface area (Å²) in [4.78, 5) is 24.0. The second kappa shape index (κ2) is 9.60. The average Bonchev–Trinajstić information content (AvgIpc) is 3.30. The Morgan fingerprint density at radius 2 is 1.77 bits per heavy atom. The number of ether oxygens (including phenoxy) is 1. The van der Waals surface area contributed by atoms with Crippen molar-refractivity contribution in [3.05, 3.63) is 83.7 Å². The van der Waals surface area contributed by atoms with E-state index < -0.39 is 17.3 Å². The number of nitrogens with one attached hydrogen (secondary N) is 1. The molecule has 1 aromatic heterocycles. The number of hydrogen-bond donors (Lipinski definition) is 2. The lowest BCUT2D eigenvalue weighted by Crippen LogP contribution is -2.50. The predicted octanol–water partition coefficient (Wildman–Crippen LogP) is 5.35. The summed E-state index contributed by atoms with van der Waals surface area (Å²) in [6.07, 6.45) is -1.44. The summed E-state index contributed by atoms with van der Waals surface area (Å²) in [5.74, 6) is 0.725. The molecule has 39 heavy (non-hydrogen) atoms. The number of carbonyl (C=O) groups is 1. The number of aliphatic hydroxyl groups is 1. The van der Waals surface area contributed by atoms with E-state index in [1.165, 1.54) is 12.1 Å². The molecule has 0 unspecified atom stereocenters. The maximum Gasteiger partial charge on any atom is 0.416 e. The number of hydrogen-bond acceptors (Lipinski definition) is 4. The van der Waals surface area contributed by atoms with Crippen molar-refractivity contribution < 1.29 is 27.8 Å². The van der Waals surface area contributed by atoms with Crippen molar-refractivity contribution in [2.24, 2.45) is 0 Å². The summed E-state index contributed by atoms with van der Waals surface area (Å²) in [6.45, 7) is 1.56. The van der Waals surface area contributed by atoms with Crippen molar-refractivity contribution >= 4 is 17.1 Å². The van der Waals surface area contributed by atoms with Crippen LogP contribution in [0.25, 0.3) is 22.2 Å². The number of benzene rings is 3. The highest BCUT2D eigenvalue weighted by Gasteiger charge is 2.39. The monoisotopic (exact) mass is 535 g/mol. The first-order valence-electron chi connectivity index (χ1n) is 12.8. The van der Waals surface area contributed by atoms with Crippen LogP contribution in [0, 0.1) is 6.33 Å². The molecule has 6 rings (SSSR count). The molecule has 0 aliphatic carbocycles. The van der Waals surface area contributed by atoms with Gasteiger partial charge < -0.3 is 24.6 Å². The van der Waals surface area contributed by atoms with Gasteiger partial charge in [0.2, 0.25) is 0 Å². The highest BCUT2D eigenvalue weighted by Crippen LogP contribution is 2.37. The molecule has 10 heteroatoms. The zero-order chi connectivity index (χ0) is 27.2. The molecule has 1 saturated heterocycles. The Kier molecular flexibility index (Phi) is 6.22. The van der Waals surface area contributed by atoms with E-state index in [0.29, 0.717) is 19.7 Å². The quantitative estimate of drug-likeness (QED) is 0.363. The number of fused-ring (bicyclic) bond motifs is 2. The summed E-state index contributed by atoms with van der Waals surface area (Å²) in [6, 6.07) is 16.4. The number of halogens is 3. The Hall–Kier alpha value is -4.05. The lowest BCUT2D eigenvalue weighted by molar-refractivity contribution is -0.137. The van der Waals surface area contributed by atoms with Crippen LogP contribution >= 0.6 is 0 Å². The molecule has 0 atom stereocenters. The summed E-state index contributed by atoms with van der Waals surface area (Å²) < 4.78 is 45.5. The van der Waals surface area contributed by atoms with E-state index in [0.717, 1.165) is 45.6 Å². The zero-order valence-electron chi connectivity index (χ0n) is 21.0. The van der Waals surface area contributed by atoms with Gasteiger partial charge in [-0.25, -0.2) is 9.78 Å². The van der Waals surface area contributed by atoms with Gasteiger partial charge in [0.05, 0.1) is 35.3 Å². The normalized spacial score (nSPS) is 17.4. The number of rotatable bonds is 2. The summed E-state index contributed by atoms with van der Waals surface area (Å²) in [7, 11) is 0. The fourth-order valence-corrected chi connectivity index (χ4v) is 5.34. The number of nitrogens with zero attached hydrogens (tertiary/aromatic N) is 3. The molecule has 1 radical (unpaired) electrons. The number of alkyl halides is 3. The van der Waals surface area contributed by atoms with Crippen molar-refractivity contribution in [3.63, 3.8) is 0 Å². The summed E-state index contributed by atoms with van der Waals surface area (Å²) in [5, 5.41) is 11.2. The first-order valence-corrected chi connectivity index (χ1v) is 12.8. The fourth-order valence-electron chi connectivity index (χ4n) is 5.34. The predicted molar refractivity (Wildman–Crippen MR) is 138 cm³/mol. The smallest absolute Gasteiger partial charge is 0.416 e. The molecule has 201 valence electrons. The minimum atomic E-state index is -4.49. The molecular formula is C29H26F3N4O3. The molecule has 7 nitrogen and oxygen atoms in total. The van der Waals surface area contributed by atoms with Crippen LogP contribution in [-0.2, 0) is 18.3 Å². The van der Waals surface area contributed by atoms with Gasteiger partial charge >= 0.3 is 12.2 Å². The van der Waals surface area contributed by atoms with E-state index in [-0.39, 0.29) is 37.5 Å². The van der Waals surface area contributed by atoms with Crippen molar-refractivity contribution in [1.29, 1.82) is 0 Å². The standard InChI is InChI=1S/C29H26F3N4O3/c30-29(31,32)23-3-1-2-22(16-23)28(38)8-10-35(11-9-28)27(37)36-12-13-39-26-7-5-19(14-21(26)17-36)20-4-6-24-25(15-20)34-18-33-24/h1-7,14-16,38H,8-13,17H2,(H,33,34). The minimum Gasteiger partial charge on any atom is -0.491 e. The molecule has 1 fully saturated rings. The van der Waals surface area contributed by atoms with Crippen LogP contribution in [0.2, 0.25) is 0 Å². The topological polar surface area (TPSA) is 81.7 Å². The van der Waals surface area contributed by atoms with Gasteiger partial charge in [0, 0.05) is 18.7 Å². The third-order valence-corrected chi connectivity index (χ3v) is 7.60. The molecule has 2 amide bonds. The van der Waals surface area contributed by atoms with Crippen LogP contribution in [0.3, 0.4) is 0 Å². The van der Waals surface area contributed by atoms with Gasteiger partial charge in [-0.05, 0) is 65.9 Å². The van der Waals surface area contributed by atoms with Crippen molar-refractivity contribution in [1.82, 2.24) is 19.8 Å². The van der Waals surface area contributed by atoms with E-state index >= 15 is 0 Å². The van der Waals surface area contributed by atoms with Gasteiger partial charge in [-0.15, -0.1) is 0 Å². The lowest BCUT2D eigenvalue weighted by Gasteiger charge is -2.40. The molecule has 2 aliphatic heterocycles. The van der Waals surface area contributed by atoms with E-state index in [1.807, 2.05) is 36.4 Å². The third kappa shape index (κ3) is 4.92. The molecule has 2 N–H and O–H groups in total. The van der Waals surface area contributed by atoms with Gasteiger partial charge in [-0.2, -0.15) is 13.2 Å². The molecule has 3 heterocycles. The molecule has 4 aromatic rings. The van der Waals surface area contributed by atoms with E-state index in [1.54, 1.807) is 9.80 Å². The van der Waals surface area contributed by atoms with Crippen LogP contribution in [0.5, 0.6) is 5.75 Å². The Labute approximate surface area is 222 Å². The Morgan fingerprint density at radius 1 is 1.00 bits per heavy atom. The highest BCUT2D eigenvalue weighted by molar-refractivity contribution is 5.82. The van der Waals surface area contributed by atoms with Gasteiger partial charge in [0.1, 0.15) is 12.4 Å². The number of likely N-dealkylation sites (tertiary alicyclic amines) is 1. The number of carbonyl (C=O) groups excluding carboxylic acids is 1. The van der Waals surface area contributed by atoms with Crippen LogP contribution in [0.1, 0.15) is 29.5 Å². The summed E-state index contributed by atoms with van der Waals surface area (Å²) in [5.41, 5.74) is 2.57. The van der Waals surface area contributed by atoms with Crippen molar-refractivity contribution in [2.75, 3.05) is 26.2 Å². The van der Waals surface area contributed by atoms with Crippen LogP contribution in [0.4, 0.5) is 18.0 Å². The van der Waals surface area contributed by atoms with Crippen molar-refractivity contribution in [2.45, 2.75) is 31.2 Å². The van der Waals surface area contributed by atoms with Gasteiger partial charge in [0.25, 0.3) is 0 Å². The Balaban J connectivity index is 1.16. The van der Waals surface area contributed by atoms with Crippen LogP contribution in [-0.4, -0.2) is 57.1 Å². The van der Waals surface area contributed by atoms with E-state index in [9.17, 15) is 23.1 Å². The first kappa shape index (κ1) is 25.2. The Morgan fingerprint density at radius 3 is 2.56 bits per heavy atom. The minimum absolute atomic E-state index is 0.151. The largest absolute Gasteiger partial charge is 0.491 e. The molecule has 0 bridgehead atoms. The number of piperidine rings is 1. The number of aromatic nitrogens is 2. The number of aromatic amines is 1. The highest BCUT2D eigenvalue weighted by atomic mass is 19.4. The van der Waals surface area contributed by atoms with E-state index in [4.69, 9.17) is 4.74 Å². The third-order valence-electron chi connectivity index (χ3n) is 7.60. The van der Waals surface area contributed by atoms with Gasteiger partial charge in [-0.3, -0.25) is 0 Å². The van der Waals surface area contributed by atoms with Gasteiger partial charge in [-0.1, -0.05) is 24.3 Å². The molecular weight excluding hydrogens is 509 g/mol. The van der Waals surface area contributed by atoms with Gasteiger partial charge in [0.15, 0.2) is 6.33 Å². The number of amides is 2. The first-order chi connectivity index (χ1) is 18.7. The second-order valence-corrected chi connectivity index (χ2v) is 10.1. The van der Waals surface area contributed by atoms with Crippen LogP contribution in [0.15, 0.2) is 60.7 Å². The van der Waals surface area contributed by atoms with E-state index in [2.05, 4.69) is 16.3 Å². The number of urea groups is 1. The molecule has 2 aliphatic rings. The Bertz CT molecular complexity index is 1530. The van der Waals surface area contributed by atoms with Crippen LogP contribution < -0.4 is 4.74 Å². The summed E-state index contributed by atoms with van der Waals surface area (Å²) >= 11 is 0. The average molecular weight is 536 g/mol. The second-order valence-electron chi connectivity index (χ2n) is 10.1. The molecule has 0 saturated carbocycles. The SMILES string of the molecule is O=C(N1CCC(O)(c2cccc(C(F)(F)F)c2)CC1)N1CCOc2ccc(-c3ccc4n[c][nH]c4c3)cc2C1. The van der Waals surface area contributed by atoms with Crippen molar-refractivity contribution in [3.8, 4) is 16.9 Å². The fraction of sp³-hybridized carbons (Fsp3) is 0.310. The number of H-pyrrole nitrogens is 1. The lowest BCUT2D eigenvalue weighted by atomic mass is 9.84. The number of imidazole rings is 1. The molecule has 0 spiro atoms. The molecule has 3 aromatic carbocycles. The zero-order valence-corrected chi connectivity index (χ0v) is 21.0. The maximum absolute atomic E-state index is 13.5.